The predicted molar refractivity (Wildman–Crippen MR) is 84.8 cm³/mol. The number of nitrogens with zero attached hydrogens (tertiary/aromatic N) is 1. The molecular formula is C17H25NO4. The summed E-state index contributed by atoms with van der Waals surface area (Å²) in [7, 11) is 2.97. The van der Waals surface area contributed by atoms with Gasteiger partial charge in [-0.1, -0.05) is 25.5 Å². The van der Waals surface area contributed by atoms with E-state index in [1.165, 1.54) is 7.11 Å². The third kappa shape index (κ3) is 6.16. The van der Waals surface area contributed by atoms with E-state index in [1.54, 1.807) is 12.0 Å². The molecule has 0 N–H and O–H groups in total. The first-order valence-electron chi connectivity index (χ1n) is 7.58. The van der Waals surface area contributed by atoms with E-state index < -0.39 is 0 Å². The topological polar surface area (TPSA) is 55.8 Å². The molecule has 0 spiro atoms. The lowest BCUT2D eigenvalue weighted by Crippen LogP contribution is -2.35. The largest absolute Gasteiger partial charge is 0.497 e. The first-order chi connectivity index (χ1) is 10.6. The molecule has 1 rings (SSSR count). The highest BCUT2D eigenvalue weighted by molar-refractivity contribution is 5.79. The van der Waals surface area contributed by atoms with Gasteiger partial charge in [0.1, 0.15) is 5.75 Å². The van der Waals surface area contributed by atoms with E-state index in [4.69, 9.17) is 4.74 Å². The molecule has 0 atom stereocenters. The number of hydrogen-bond acceptors (Lipinski definition) is 4. The van der Waals surface area contributed by atoms with Gasteiger partial charge in [0.15, 0.2) is 0 Å². The zero-order valence-corrected chi connectivity index (χ0v) is 13.6. The first-order valence-corrected chi connectivity index (χ1v) is 7.58. The number of ether oxygens (including phenoxy) is 2. The van der Waals surface area contributed by atoms with Crippen LogP contribution in [-0.4, -0.2) is 44.1 Å². The Kier molecular flexibility index (Phi) is 8.04. The van der Waals surface area contributed by atoms with Gasteiger partial charge in [-0.25, -0.2) is 0 Å². The third-order valence-electron chi connectivity index (χ3n) is 3.46. The lowest BCUT2D eigenvalue weighted by atomic mass is 10.1. The highest BCUT2D eigenvalue weighted by Gasteiger charge is 2.15. The highest BCUT2D eigenvalue weighted by Crippen LogP contribution is 2.13. The molecule has 5 nitrogen and oxygen atoms in total. The van der Waals surface area contributed by atoms with E-state index in [9.17, 15) is 9.59 Å². The zero-order valence-electron chi connectivity index (χ0n) is 13.6. The number of carbonyl (C=O) groups is 2. The zero-order chi connectivity index (χ0) is 16.4. The molecular weight excluding hydrogens is 282 g/mol. The molecule has 0 saturated heterocycles. The fourth-order valence-electron chi connectivity index (χ4n) is 2.07. The summed E-state index contributed by atoms with van der Waals surface area (Å²) in [6, 6.07) is 7.45. The molecule has 0 heterocycles. The summed E-state index contributed by atoms with van der Waals surface area (Å²) >= 11 is 0. The van der Waals surface area contributed by atoms with Crippen molar-refractivity contribution in [2.75, 3.05) is 27.3 Å². The van der Waals surface area contributed by atoms with Gasteiger partial charge >= 0.3 is 5.97 Å². The van der Waals surface area contributed by atoms with Gasteiger partial charge in [-0.3, -0.25) is 9.59 Å². The molecule has 0 aromatic heterocycles. The molecule has 0 aliphatic heterocycles. The van der Waals surface area contributed by atoms with Crippen molar-refractivity contribution < 1.29 is 19.1 Å². The predicted octanol–water partition coefficient (Wildman–Crippen LogP) is 2.43. The maximum Gasteiger partial charge on any atom is 0.307 e. The fourth-order valence-corrected chi connectivity index (χ4v) is 2.07. The maximum atomic E-state index is 12.4. The van der Waals surface area contributed by atoms with Crippen LogP contribution in [0.1, 0.15) is 31.7 Å². The Morgan fingerprint density at radius 2 is 1.77 bits per heavy atom. The van der Waals surface area contributed by atoms with Gasteiger partial charge in [-0.15, -0.1) is 0 Å². The third-order valence-corrected chi connectivity index (χ3v) is 3.46. The Morgan fingerprint density at radius 1 is 1.09 bits per heavy atom. The Labute approximate surface area is 132 Å². The van der Waals surface area contributed by atoms with E-state index in [0.717, 1.165) is 24.2 Å². The molecule has 0 fully saturated rings. The molecule has 0 radical (unpaired) electrons. The second-order valence-corrected chi connectivity index (χ2v) is 5.09. The molecule has 122 valence electrons. The average Bonchev–Trinajstić information content (AvgIpc) is 2.55. The first kappa shape index (κ1) is 18.0. The van der Waals surface area contributed by atoms with E-state index in [1.807, 2.05) is 24.3 Å². The van der Waals surface area contributed by atoms with E-state index in [-0.39, 0.29) is 18.3 Å². The Balaban J connectivity index is 2.62. The molecule has 0 aliphatic rings. The van der Waals surface area contributed by atoms with Crippen molar-refractivity contribution >= 4 is 11.9 Å². The summed E-state index contributed by atoms with van der Waals surface area (Å²) in [5.41, 5.74) is 0.936. The van der Waals surface area contributed by atoms with Crippen LogP contribution < -0.4 is 4.74 Å². The number of esters is 1. The Bertz CT molecular complexity index is 470. The summed E-state index contributed by atoms with van der Waals surface area (Å²) < 4.78 is 9.74. The van der Waals surface area contributed by atoms with Crippen LogP contribution in [0.15, 0.2) is 24.3 Å². The monoisotopic (exact) mass is 307 g/mol. The highest BCUT2D eigenvalue weighted by atomic mass is 16.5. The van der Waals surface area contributed by atoms with Gasteiger partial charge < -0.3 is 14.4 Å². The molecule has 1 aromatic rings. The van der Waals surface area contributed by atoms with Crippen LogP contribution >= 0.6 is 0 Å². The SMILES string of the molecule is CCCCN(CCC(=O)OC)C(=O)Cc1ccc(OC)cc1. The van der Waals surface area contributed by atoms with Crippen LogP contribution in [0, 0.1) is 0 Å². The van der Waals surface area contributed by atoms with E-state index in [2.05, 4.69) is 11.7 Å². The molecule has 1 amide bonds. The van der Waals surface area contributed by atoms with Gasteiger partial charge in [0.05, 0.1) is 27.1 Å². The summed E-state index contributed by atoms with van der Waals surface area (Å²) in [4.78, 5) is 25.4. The lowest BCUT2D eigenvalue weighted by molar-refractivity contribution is -0.141. The summed E-state index contributed by atoms with van der Waals surface area (Å²) in [5, 5.41) is 0. The van der Waals surface area contributed by atoms with Crippen molar-refractivity contribution in [2.45, 2.75) is 32.6 Å². The van der Waals surface area contributed by atoms with Crippen molar-refractivity contribution in [3.05, 3.63) is 29.8 Å². The Hall–Kier alpha value is -2.04. The minimum Gasteiger partial charge on any atom is -0.497 e. The number of rotatable bonds is 9. The molecule has 22 heavy (non-hydrogen) atoms. The van der Waals surface area contributed by atoms with Gasteiger partial charge in [0, 0.05) is 13.1 Å². The van der Waals surface area contributed by atoms with Gasteiger partial charge in [-0.05, 0) is 24.1 Å². The molecule has 0 saturated carbocycles. The van der Waals surface area contributed by atoms with Crippen molar-refractivity contribution in [1.29, 1.82) is 0 Å². The van der Waals surface area contributed by atoms with Crippen LogP contribution in [-0.2, 0) is 20.7 Å². The number of benzene rings is 1. The summed E-state index contributed by atoms with van der Waals surface area (Å²) in [5.74, 6) is 0.506. The quantitative estimate of drug-likeness (QED) is 0.658. The number of unbranched alkanes of at least 4 members (excludes halogenated alkanes) is 1. The fraction of sp³-hybridized carbons (Fsp3) is 0.529. The number of amides is 1. The minimum atomic E-state index is -0.293. The Morgan fingerprint density at radius 3 is 2.32 bits per heavy atom. The van der Waals surface area contributed by atoms with Crippen LogP contribution in [0.5, 0.6) is 5.75 Å². The molecule has 1 aromatic carbocycles. The summed E-state index contributed by atoms with van der Waals surface area (Å²) in [6.07, 6.45) is 2.49. The van der Waals surface area contributed by atoms with Crippen molar-refractivity contribution in [2.24, 2.45) is 0 Å². The van der Waals surface area contributed by atoms with Gasteiger partial charge in [0.2, 0.25) is 5.91 Å². The van der Waals surface area contributed by atoms with Crippen molar-refractivity contribution in [3.63, 3.8) is 0 Å². The minimum absolute atomic E-state index is 0.0301. The maximum absolute atomic E-state index is 12.4. The van der Waals surface area contributed by atoms with Crippen LogP contribution in [0.25, 0.3) is 0 Å². The van der Waals surface area contributed by atoms with E-state index in [0.29, 0.717) is 19.5 Å². The number of methoxy groups -OCH3 is 2. The van der Waals surface area contributed by atoms with Gasteiger partial charge in [0.25, 0.3) is 0 Å². The smallest absolute Gasteiger partial charge is 0.307 e. The molecule has 0 unspecified atom stereocenters. The van der Waals surface area contributed by atoms with Crippen molar-refractivity contribution in [3.8, 4) is 5.75 Å². The van der Waals surface area contributed by atoms with Crippen molar-refractivity contribution in [1.82, 2.24) is 4.90 Å². The lowest BCUT2D eigenvalue weighted by Gasteiger charge is -2.22. The van der Waals surface area contributed by atoms with Crippen LogP contribution in [0.3, 0.4) is 0 Å². The number of hydrogen-bond donors (Lipinski definition) is 0. The molecule has 0 aliphatic carbocycles. The summed E-state index contributed by atoms with van der Waals surface area (Å²) in [6.45, 7) is 3.15. The van der Waals surface area contributed by atoms with E-state index >= 15 is 0 Å². The normalized spacial score (nSPS) is 10.1. The van der Waals surface area contributed by atoms with Crippen LogP contribution in [0.2, 0.25) is 0 Å². The van der Waals surface area contributed by atoms with Gasteiger partial charge in [-0.2, -0.15) is 0 Å². The second-order valence-electron chi connectivity index (χ2n) is 5.09. The molecule has 0 bridgehead atoms. The standard InChI is InChI=1S/C17H25NO4/c1-4-5-11-18(12-10-17(20)22-3)16(19)13-14-6-8-15(21-2)9-7-14/h6-9H,4-5,10-13H2,1-3H3. The second kappa shape index (κ2) is 9.82. The van der Waals surface area contributed by atoms with Crippen LogP contribution in [0.4, 0.5) is 0 Å². The molecule has 5 heteroatoms. The average molecular weight is 307 g/mol. The number of carbonyl (C=O) groups excluding carboxylic acids is 2.